The molecule has 21 heavy (non-hydrogen) atoms. The first kappa shape index (κ1) is 17.1. The maximum absolute atomic E-state index is 11.9. The third-order valence-electron chi connectivity index (χ3n) is 2.72. The molecule has 1 rings (SSSR count). The number of aryl methyl sites for hydroxylation is 1. The van der Waals surface area contributed by atoms with Crippen LogP contribution in [-0.4, -0.2) is 39.2 Å². The van der Waals surface area contributed by atoms with Gasteiger partial charge in [-0.05, 0) is 31.5 Å². The number of benzene rings is 1. The summed E-state index contributed by atoms with van der Waals surface area (Å²) in [4.78, 5) is 23.3. The maximum atomic E-state index is 11.9. The van der Waals surface area contributed by atoms with E-state index in [1.54, 1.807) is 19.9 Å². The quantitative estimate of drug-likeness (QED) is 0.593. The Morgan fingerprint density at radius 2 is 2.00 bits per heavy atom. The highest BCUT2D eigenvalue weighted by atomic mass is 32.2. The van der Waals surface area contributed by atoms with Crippen molar-refractivity contribution >= 4 is 27.4 Å². The summed E-state index contributed by atoms with van der Waals surface area (Å²) in [6.07, 6.45) is 1.06. The summed E-state index contributed by atoms with van der Waals surface area (Å²) in [6.45, 7) is 3.40. The first-order valence-corrected chi connectivity index (χ1v) is 8.09. The number of rotatable bonds is 5. The molecule has 0 radical (unpaired) electrons. The molecular formula is C13H18N2O5S. The lowest BCUT2D eigenvalue weighted by Crippen LogP contribution is -2.43. The average Bonchev–Trinajstić information content (AvgIpc) is 2.39. The van der Waals surface area contributed by atoms with E-state index in [-0.39, 0.29) is 17.2 Å². The zero-order chi connectivity index (χ0) is 16.2. The molecule has 116 valence electrons. The summed E-state index contributed by atoms with van der Waals surface area (Å²) in [5.41, 5.74) is 6.39. The minimum atomic E-state index is -3.40. The molecule has 0 saturated heterocycles. The van der Waals surface area contributed by atoms with E-state index in [4.69, 9.17) is 5.73 Å². The van der Waals surface area contributed by atoms with Gasteiger partial charge < -0.3 is 15.8 Å². The highest BCUT2D eigenvalue weighted by Crippen LogP contribution is 2.20. The summed E-state index contributed by atoms with van der Waals surface area (Å²) >= 11 is 0. The lowest BCUT2D eigenvalue weighted by molar-refractivity contribution is -0.146. The van der Waals surface area contributed by atoms with Gasteiger partial charge in [0, 0.05) is 11.9 Å². The van der Waals surface area contributed by atoms with Crippen LogP contribution >= 0.6 is 0 Å². The Kier molecular flexibility index (Phi) is 5.45. The summed E-state index contributed by atoms with van der Waals surface area (Å²) in [6, 6.07) is 2.85. The molecule has 1 aromatic rings. The maximum Gasteiger partial charge on any atom is 0.332 e. The van der Waals surface area contributed by atoms with E-state index in [9.17, 15) is 18.0 Å². The summed E-state index contributed by atoms with van der Waals surface area (Å²) < 4.78 is 27.6. The van der Waals surface area contributed by atoms with Gasteiger partial charge >= 0.3 is 5.97 Å². The van der Waals surface area contributed by atoms with Crippen LogP contribution in [0, 0.1) is 6.92 Å². The Hall–Kier alpha value is -1.93. The van der Waals surface area contributed by atoms with Crippen LogP contribution in [0.15, 0.2) is 23.1 Å². The van der Waals surface area contributed by atoms with E-state index in [1.807, 2.05) is 0 Å². The van der Waals surface area contributed by atoms with Crippen molar-refractivity contribution < 1.29 is 22.7 Å². The van der Waals surface area contributed by atoms with E-state index in [0.717, 1.165) is 6.26 Å². The lowest BCUT2D eigenvalue weighted by Gasteiger charge is -2.13. The molecule has 7 nitrogen and oxygen atoms in total. The van der Waals surface area contributed by atoms with Crippen LogP contribution in [0.2, 0.25) is 0 Å². The van der Waals surface area contributed by atoms with Gasteiger partial charge in [0.25, 0.3) is 5.91 Å². The second-order valence-corrected chi connectivity index (χ2v) is 6.48. The predicted molar refractivity (Wildman–Crippen MR) is 77.5 cm³/mol. The lowest BCUT2D eigenvalue weighted by atomic mass is 10.2. The van der Waals surface area contributed by atoms with Crippen molar-refractivity contribution in [3.63, 3.8) is 0 Å². The molecule has 8 heteroatoms. The smallest absolute Gasteiger partial charge is 0.332 e. The zero-order valence-corrected chi connectivity index (χ0v) is 12.9. The number of carbonyl (C=O) groups excluding carboxylic acids is 2. The third kappa shape index (κ3) is 4.54. The molecule has 3 N–H and O–H groups in total. The fraction of sp³-hybridized carbons (Fsp3) is 0.385. The van der Waals surface area contributed by atoms with Crippen LogP contribution in [0.1, 0.15) is 12.5 Å². The number of nitrogens with one attached hydrogen (secondary N) is 1. The predicted octanol–water partition coefficient (Wildman–Crippen LogP) is 0.227. The Balaban J connectivity index is 2.97. The number of esters is 1. The topological polar surface area (TPSA) is 116 Å². The number of sulfone groups is 1. The van der Waals surface area contributed by atoms with Gasteiger partial charge in [-0.2, -0.15) is 0 Å². The van der Waals surface area contributed by atoms with Gasteiger partial charge in [-0.25, -0.2) is 13.2 Å². The number of anilines is 1. The van der Waals surface area contributed by atoms with Crippen molar-refractivity contribution in [3.05, 3.63) is 23.8 Å². The van der Waals surface area contributed by atoms with Crippen LogP contribution in [0.4, 0.5) is 5.69 Å². The van der Waals surface area contributed by atoms with Gasteiger partial charge in [0.15, 0.2) is 15.9 Å². The Bertz CT molecular complexity index is 655. The van der Waals surface area contributed by atoms with Crippen LogP contribution in [0.3, 0.4) is 0 Å². The second kappa shape index (κ2) is 6.68. The molecule has 0 aliphatic heterocycles. The minimum absolute atomic E-state index is 0.0631. The normalized spacial score (nSPS) is 12.6. The van der Waals surface area contributed by atoms with Crippen LogP contribution in [0.25, 0.3) is 0 Å². The molecule has 1 aromatic carbocycles. The molecule has 0 spiro atoms. The summed E-state index contributed by atoms with van der Waals surface area (Å²) in [5.74, 6) is -1.60. The molecule has 1 atom stereocenters. The van der Waals surface area contributed by atoms with Crippen molar-refractivity contribution in [2.24, 2.45) is 5.73 Å². The van der Waals surface area contributed by atoms with Crippen molar-refractivity contribution in [2.45, 2.75) is 24.8 Å². The number of carbonyl (C=O) groups is 2. The van der Waals surface area contributed by atoms with Gasteiger partial charge in [0.2, 0.25) is 0 Å². The zero-order valence-electron chi connectivity index (χ0n) is 12.0. The summed E-state index contributed by atoms with van der Waals surface area (Å²) in [7, 11) is -3.40. The number of amides is 1. The molecule has 0 aliphatic carbocycles. The van der Waals surface area contributed by atoms with Gasteiger partial charge in [-0.15, -0.1) is 0 Å². The molecule has 0 aliphatic rings. The Morgan fingerprint density at radius 1 is 1.38 bits per heavy atom. The molecule has 0 saturated carbocycles. The number of ether oxygens (including phenoxy) is 1. The monoisotopic (exact) mass is 314 g/mol. The number of hydrogen-bond donors (Lipinski definition) is 2. The SMILES string of the molecule is CCOC(=O)C(N)C(=O)Nc1cc(S(C)(=O)=O)ccc1C. The van der Waals surface area contributed by atoms with Gasteiger partial charge in [-0.3, -0.25) is 4.79 Å². The van der Waals surface area contributed by atoms with E-state index < -0.39 is 27.8 Å². The van der Waals surface area contributed by atoms with Crippen molar-refractivity contribution in [1.82, 2.24) is 0 Å². The van der Waals surface area contributed by atoms with Crippen molar-refractivity contribution in [3.8, 4) is 0 Å². The molecule has 1 amide bonds. The molecular weight excluding hydrogens is 296 g/mol. The minimum Gasteiger partial charge on any atom is -0.464 e. The van der Waals surface area contributed by atoms with Crippen LogP contribution < -0.4 is 11.1 Å². The highest BCUT2D eigenvalue weighted by molar-refractivity contribution is 7.90. The van der Waals surface area contributed by atoms with E-state index in [2.05, 4.69) is 10.1 Å². The van der Waals surface area contributed by atoms with E-state index in [1.165, 1.54) is 12.1 Å². The average molecular weight is 314 g/mol. The molecule has 0 heterocycles. The third-order valence-corrected chi connectivity index (χ3v) is 3.83. The van der Waals surface area contributed by atoms with Crippen LogP contribution in [0.5, 0.6) is 0 Å². The Morgan fingerprint density at radius 3 is 2.52 bits per heavy atom. The van der Waals surface area contributed by atoms with E-state index >= 15 is 0 Å². The highest BCUT2D eigenvalue weighted by Gasteiger charge is 2.24. The second-order valence-electron chi connectivity index (χ2n) is 4.47. The van der Waals surface area contributed by atoms with Crippen molar-refractivity contribution in [2.75, 3.05) is 18.2 Å². The fourth-order valence-electron chi connectivity index (χ4n) is 1.52. The molecule has 1 unspecified atom stereocenters. The largest absolute Gasteiger partial charge is 0.464 e. The number of nitrogens with two attached hydrogens (primary N) is 1. The van der Waals surface area contributed by atoms with Crippen molar-refractivity contribution in [1.29, 1.82) is 0 Å². The summed E-state index contributed by atoms with van der Waals surface area (Å²) in [5, 5.41) is 2.43. The van der Waals surface area contributed by atoms with E-state index in [0.29, 0.717) is 5.56 Å². The van der Waals surface area contributed by atoms with Gasteiger partial charge in [-0.1, -0.05) is 6.07 Å². The molecule has 0 fully saturated rings. The van der Waals surface area contributed by atoms with Crippen LogP contribution in [-0.2, 0) is 24.2 Å². The van der Waals surface area contributed by atoms with Gasteiger partial charge in [0.1, 0.15) is 0 Å². The number of hydrogen-bond acceptors (Lipinski definition) is 6. The van der Waals surface area contributed by atoms with Gasteiger partial charge in [0.05, 0.1) is 11.5 Å². The molecule has 0 aromatic heterocycles. The fourth-order valence-corrected chi connectivity index (χ4v) is 2.16. The first-order valence-electron chi connectivity index (χ1n) is 6.20. The first-order chi connectivity index (χ1) is 9.66. The standard InChI is InChI=1S/C13H18N2O5S/c1-4-20-13(17)11(14)12(16)15-10-7-9(21(3,18)19)6-5-8(10)2/h5-7,11H,4,14H2,1-3H3,(H,15,16). The molecule has 0 bridgehead atoms. The Labute approximate surface area is 123 Å².